The molecule has 1 aromatic heterocycles. The first-order chi connectivity index (χ1) is 12.2. The normalized spacial score (nSPS) is 12.7. The zero-order valence-corrected chi connectivity index (χ0v) is 16.2. The number of aryl methyl sites for hydroxylation is 3. The predicted octanol–water partition coefficient (Wildman–Crippen LogP) is 2.89. The SMILES string of the molecule is CCc1nn(C(C)C(=O)OC(C)(C)C)c(CCc2ccccc2)nc1=O. The van der Waals surface area contributed by atoms with Gasteiger partial charge in [-0.3, -0.25) is 4.79 Å². The minimum atomic E-state index is -0.654. The van der Waals surface area contributed by atoms with Crippen LogP contribution in [0.15, 0.2) is 35.1 Å². The molecule has 140 valence electrons. The first-order valence-electron chi connectivity index (χ1n) is 8.96. The fraction of sp³-hybridized carbons (Fsp3) is 0.500. The first-order valence-corrected chi connectivity index (χ1v) is 8.96. The average Bonchev–Trinajstić information content (AvgIpc) is 2.58. The Balaban J connectivity index is 2.32. The summed E-state index contributed by atoms with van der Waals surface area (Å²) in [6.45, 7) is 9.03. The van der Waals surface area contributed by atoms with E-state index in [2.05, 4.69) is 10.1 Å². The molecule has 2 aromatic rings. The van der Waals surface area contributed by atoms with Gasteiger partial charge in [0.1, 0.15) is 23.2 Å². The molecule has 1 unspecified atom stereocenters. The summed E-state index contributed by atoms with van der Waals surface area (Å²) in [5.41, 5.74) is 0.570. The summed E-state index contributed by atoms with van der Waals surface area (Å²) in [4.78, 5) is 28.8. The van der Waals surface area contributed by atoms with Crippen molar-refractivity contribution in [2.45, 2.75) is 65.5 Å². The van der Waals surface area contributed by atoms with E-state index in [-0.39, 0.29) is 5.56 Å². The van der Waals surface area contributed by atoms with Crippen molar-refractivity contribution in [2.24, 2.45) is 0 Å². The molecule has 0 aliphatic rings. The van der Waals surface area contributed by atoms with Gasteiger partial charge >= 0.3 is 5.97 Å². The molecule has 0 saturated heterocycles. The number of rotatable bonds is 6. The first kappa shape index (κ1) is 19.8. The van der Waals surface area contributed by atoms with Crippen molar-refractivity contribution in [1.29, 1.82) is 0 Å². The van der Waals surface area contributed by atoms with Crippen molar-refractivity contribution in [1.82, 2.24) is 14.8 Å². The maximum Gasteiger partial charge on any atom is 0.331 e. The second-order valence-corrected chi connectivity index (χ2v) is 7.27. The topological polar surface area (TPSA) is 74.1 Å². The van der Waals surface area contributed by atoms with E-state index in [0.29, 0.717) is 30.8 Å². The second kappa shape index (κ2) is 8.25. The summed E-state index contributed by atoms with van der Waals surface area (Å²) in [5, 5.41) is 4.39. The molecule has 0 amide bonds. The average molecular weight is 357 g/mol. The summed E-state index contributed by atoms with van der Waals surface area (Å²) in [6.07, 6.45) is 1.69. The van der Waals surface area contributed by atoms with E-state index in [0.717, 1.165) is 5.56 Å². The number of esters is 1. The molecule has 6 nitrogen and oxygen atoms in total. The minimum Gasteiger partial charge on any atom is -0.458 e. The number of aromatic nitrogens is 3. The Morgan fingerprint density at radius 1 is 1.19 bits per heavy atom. The van der Waals surface area contributed by atoms with Gasteiger partial charge in [-0.05, 0) is 46.1 Å². The molecule has 0 aliphatic heterocycles. The lowest BCUT2D eigenvalue weighted by atomic mass is 10.1. The molecule has 0 radical (unpaired) electrons. The molecule has 0 spiro atoms. The number of hydrogen-bond donors (Lipinski definition) is 0. The fourth-order valence-corrected chi connectivity index (χ4v) is 2.55. The largest absolute Gasteiger partial charge is 0.458 e. The molecule has 0 aliphatic carbocycles. The molecule has 0 N–H and O–H groups in total. The van der Waals surface area contributed by atoms with Crippen LogP contribution in [0.25, 0.3) is 0 Å². The number of nitrogens with zero attached hydrogens (tertiary/aromatic N) is 3. The quantitative estimate of drug-likeness (QED) is 0.743. The van der Waals surface area contributed by atoms with Gasteiger partial charge in [0.2, 0.25) is 0 Å². The van der Waals surface area contributed by atoms with E-state index in [1.54, 1.807) is 6.92 Å². The Bertz CT molecular complexity index is 807. The van der Waals surface area contributed by atoms with Crippen LogP contribution in [0.1, 0.15) is 57.7 Å². The molecular formula is C20H27N3O3. The zero-order chi connectivity index (χ0) is 19.3. The molecular weight excluding hydrogens is 330 g/mol. The van der Waals surface area contributed by atoms with Crippen LogP contribution in [0, 0.1) is 0 Å². The molecule has 26 heavy (non-hydrogen) atoms. The van der Waals surface area contributed by atoms with Crippen molar-refractivity contribution in [3.63, 3.8) is 0 Å². The highest BCUT2D eigenvalue weighted by Gasteiger charge is 2.26. The van der Waals surface area contributed by atoms with Gasteiger partial charge in [0.05, 0.1) is 0 Å². The summed E-state index contributed by atoms with van der Waals surface area (Å²) < 4.78 is 7.01. The van der Waals surface area contributed by atoms with Gasteiger partial charge < -0.3 is 4.74 Å². The molecule has 2 rings (SSSR count). The summed E-state index contributed by atoms with van der Waals surface area (Å²) in [5.74, 6) is 0.105. The van der Waals surface area contributed by atoms with Crippen LogP contribution in [0.3, 0.4) is 0 Å². The van der Waals surface area contributed by atoms with Crippen LogP contribution >= 0.6 is 0 Å². The summed E-state index contributed by atoms with van der Waals surface area (Å²) >= 11 is 0. The molecule has 0 bridgehead atoms. The van der Waals surface area contributed by atoms with Crippen molar-refractivity contribution >= 4 is 5.97 Å². The van der Waals surface area contributed by atoms with E-state index in [4.69, 9.17) is 4.74 Å². The van der Waals surface area contributed by atoms with Crippen LogP contribution < -0.4 is 5.56 Å². The van der Waals surface area contributed by atoms with E-state index < -0.39 is 17.6 Å². The van der Waals surface area contributed by atoms with Crippen LogP contribution in [-0.4, -0.2) is 26.3 Å². The molecule has 1 aromatic carbocycles. The molecule has 0 saturated carbocycles. The van der Waals surface area contributed by atoms with Gasteiger partial charge in [-0.15, -0.1) is 0 Å². The Labute approximate surface area is 154 Å². The Hall–Kier alpha value is -2.50. The van der Waals surface area contributed by atoms with Gasteiger partial charge in [-0.2, -0.15) is 10.1 Å². The third-order valence-corrected chi connectivity index (χ3v) is 3.90. The maximum atomic E-state index is 12.5. The lowest BCUT2D eigenvalue weighted by molar-refractivity contribution is -0.158. The van der Waals surface area contributed by atoms with Gasteiger partial charge in [-0.25, -0.2) is 9.48 Å². The molecule has 1 heterocycles. The Morgan fingerprint density at radius 2 is 1.85 bits per heavy atom. The highest BCUT2D eigenvalue weighted by Crippen LogP contribution is 2.16. The van der Waals surface area contributed by atoms with Crippen LogP contribution in [0.4, 0.5) is 0 Å². The summed E-state index contributed by atoms with van der Waals surface area (Å²) in [6, 6.07) is 9.29. The van der Waals surface area contributed by atoms with Crippen LogP contribution in [-0.2, 0) is 28.8 Å². The van der Waals surface area contributed by atoms with E-state index in [9.17, 15) is 9.59 Å². The zero-order valence-electron chi connectivity index (χ0n) is 16.2. The third kappa shape index (κ3) is 5.25. The Morgan fingerprint density at radius 3 is 2.42 bits per heavy atom. The number of carbonyl (C=O) groups excluding carboxylic acids is 1. The van der Waals surface area contributed by atoms with Crippen molar-refractivity contribution in [2.75, 3.05) is 0 Å². The number of benzene rings is 1. The van der Waals surface area contributed by atoms with Gasteiger partial charge in [0, 0.05) is 6.42 Å². The molecule has 0 fully saturated rings. The van der Waals surface area contributed by atoms with Crippen molar-refractivity contribution in [3.05, 3.63) is 57.8 Å². The van der Waals surface area contributed by atoms with Crippen molar-refractivity contribution < 1.29 is 9.53 Å². The molecule has 1 atom stereocenters. The smallest absolute Gasteiger partial charge is 0.331 e. The lowest BCUT2D eigenvalue weighted by Crippen LogP contribution is -2.34. The lowest BCUT2D eigenvalue weighted by Gasteiger charge is -2.24. The van der Waals surface area contributed by atoms with E-state index in [1.807, 2.05) is 58.0 Å². The van der Waals surface area contributed by atoms with Gasteiger partial charge in [0.25, 0.3) is 5.56 Å². The fourth-order valence-electron chi connectivity index (χ4n) is 2.55. The van der Waals surface area contributed by atoms with Crippen molar-refractivity contribution in [3.8, 4) is 0 Å². The van der Waals surface area contributed by atoms with Crippen LogP contribution in [0.2, 0.25) is 0 Å². The number of carbonyl (C=O) groups is 1. The van der Waals surface area contributed by atoms with Crippen LogP contribution in [0.5, 0.6) is 0 Å². The number of hydrogen-bond acceptors (Lipinski definition) is 5. The van der Waals surface area contributed by atoms with Gasteiger partial charge in [-0.1, -0.05) is 37.3 Å². The molecule has 6 heteroatoms. The Kier molecular flexibility index (Phi) is 6.29. The monoisotopic (exact) mass is 357 g/mol. The third-order valence-electron chi connectivity index (χ3n) is 3.90. The standard InChI is InChI=1S/C20H27N3O3/c1-6-16-18(24)21-17(13-12-15-10-8-7-9-11-15)23(22-16)14(2)19(25)26-20(3,4)5/h7-11,14H,6,12-13H2,1-5H3. The highest BCUT2D eigenvalue weighted by atomic mass is 16.6. The van der Waals surface area contributed by atoms with E-state index in [1.165, 1.54) is 4.68 Å². The predicted molar refractivity (Wildman–Crippen MR) is 100 cm³/mol. The maximum absolute atomic E-state index is 12.5. The highest BCUT2D eigenvalue weighted by molar-refractivity contribution is 5.74. The summed E-state index contributed by atoms with van der Waals surface area (Å²) in [7, 11) is 0. The minimum absolute atomic E-state index is 0.330. The second-order valence-electron chi connectivity index (χ2n) is 7.27. The number of ether oxygens (including phenoxy) is 1. The van der Waals surface area contributed by atoms with Gasteiger partial charge in [0.15, 0.2) is 0 Å². The van der Waals surface area contributed by atoms with E-state index >= 15 is 0 Å².